The van der Waals surface area contributed by atoms with Gasteiger partial charge in [-0.3, -0.25) is 4.79 Å². The predicted molar refractivity (Wildman–Crippen MR) is 75.0 cm³/mol. The third-order valence-corrected chi connectivity index (χ3v) is 3.26. The zero-order valence-corrected chi connectivity index (χ0v) is 11.1. The predicted octanol–water partition coefficient (Wildman–Crippen LogP) is 3.35. The van der Waals surface area contributed by atoms with Crippen LogP contribution < -0.4 is 5.73 Å². The van der Waals surface area contributed by atoms with E-state index in [9.17, 15) is 18.0 Å². The standard InChI is InChI=1S/C15H10F3N3O/c16-15(17,18)14-20-11-7-3-6-9(12(11)21-14)8-4-1-2-5-10(8)13(19)22/h1-7H,(H2,19,22)(H,20,21). The van der Waals surface area contributed by atoms with E-state index in [1.165, 1.54) is 12.1 Å². The Labute approximate surface area is 122 Å². The lowest BCUT2D eigenvalue weighted by molar-refractivity contribution is -0.144. The second-order valence-electron chi connectivity index (χ2n) is 4.69. The van der Waals surface area contributed by atoms with Crippen molar-refractivity contribution in [1.82, 2.24) is 9.97 Å². The van der Waals surface area contributed by atoms with Crippen LogP contribution in [-0.4, -0.2) is 15.9 Å². The number of primary amides is 1. The summed E-state index contributed by atoms with van der Waals surface area (Å²) < 4.78 is 38.4. The summed E-state index contributed by atoms with van der Waals surface area (Å²) in [4.78, 5) is 17.4. The van der Waals surface area contributed by atoms with Gasteiger partial charge in [-0.15, -0.1) is 0 Å². The van der Waals surface area contributed by atoms with E-state index in [2.05, 4.69) is 9.97 Å². The first-order valence-corrected chi connectivity index (χ1v) is 6.33. The fourth-order valence-corrected chi connectivity index (χ4v) is 2.32. The molecule has 0 saturated carbocycles. The number of benzene rings is 2. The van der Waals surface area contributed by atoms with Gasteiger partial charge in [0, 0.05) is 11.1 Å². The van der Waals surface area contributed by atoms with Crippen LogP contribution in [0, 0.1) is 0 Å². The Morgan fingerprint density at radius 3 is 2.41 bits per heavy atom. The molecule has 0 spiro atoms. The molecule has 0 aliphatic heterocycles. The van der Waals surface area contributed by atoms with E-state index in [4.69, 9.17) is 5.73 Å². The molecular weight excluding hydrogens is 295 g/mol. The van der Waals surface area contributed by atoms with Gasteiger partial charge in [-0.05, 0) is 17.7 Å². The highest BCUT2D eigenvalue weighted by molar-refractivity contribution is 6.03. The molecule has 0 aliphatic carbocycles. The maximum atomic E-state index is 12.8. The number of H-pyrrole nitrogens is 1. The smallest absolute Gasteiger partial charge is 0.366 e. The van der Waals surface area contributed by atoms with Crippen molar-refractivity contribution < 1.29 is 18.0 Å². The van der Waals surface area contributed by atoms with Crippen LogP contribution in [0.2, 0.25) is 0 Å². The second kappa shape index (κ2) is 4.87. The van der Waals surface area contributed by atoms with Gasteiger partial charge in [0.1, 0.15) is 0 Å². The van der Waals surface area contributed by atoms with Gasteiger partial charge in [-0.2, -0.15) is 13.2 Å². The van der Waals surface area contributed by atoms with E-state index < -0.39 is 17.9 Å². The molecule has 3 rings (SSSR count). The third-order valence-electron chi connectivity index (χ3n) is 3.26. The number of imidazole rings is 1. The highest BCUT2D eigenvalue weighted by Crippen LogP contribution is 2.33. The van der Waals surface area contributed by atoms with Crippen LogP contribution in [0.25, 0.3) is 22.2 Å². The van der Waals surface area contributed by atoms with Crippen molar-refractivity contribution in [2.24, 2.45) is 5.73 Å². The van der Waals surface area contributed by atoms with Crippen molar-refractivity contribution >= 4 is 16.9 Å². The van der Waals surface area contributed by atoms with E-state index >= 15 is 0 Å². The molecule has 3 aromatic rings. The molecule has 0 radical (unpaired) electrons. The van der Waals surface area contributed by atoms with Gasteiger partial charge in [0.15, 0.2) is 0 Å². The summed E-state index contributed by atoms with van der Waals surface area (Å²) in [7, 11) is 0. The van der Waals surface area contributed by atoms with Crippen LogP contribution in [0.3, 0.4) is 0 Å². The third kappa shape index (κ3) is 2.30. The molecule has 112 valence electrons. The number of aromatic amines is 1. The highest BCUT2D eigenvalue weighted by Gasteiger charge is 2.35. The normalized spacial score (nSPS) is 11.8. The van der Waals surface area contributed by atoms with E-state index in [-0.39, 0.29) is 16.6 Å². The van der Waals surface area contributed by atoms with Crippen molar-refractivity contribution in [2.75, 3.05) is 0 Å². The molecular formula is C15H10F3N3O. The molecule has 0 fully saturated rings. The molecule has 0 bridgehead atoms. The largest absolute Gasteiger partial charge is 0.449 e. The first kappa shape index (κ1) is 14.1. The Morgan fingerprint density at radius 2 is 1.73 bits per heavy atom. The average Bonchev–Trinajstić information content (AvgIpc) is 2.91. The Kier molecular flexibility index (Phi) is 3.13. The number of nitrogens with one attached hydrogen (secondary N) is 1. The lowest BCUT2D eigenvalue weighted by atomic mass is 9.98. The maximum Gasteiger partial charge on any atom is 0.449 e. The fraction of sp³-hybridized carbons (Fsp3) is 0.0667. The number of para-hydroxylation sites is 1. The lowest BCUT2D eigenvalue weighted by Crippen LogP contribution is -2.12. The highest BCUT2D eigenvalue weighted by atomic mass is 19.4. The summed E-state index contributed by atoms with van der Waals surface area (Å²) >= 11 is 0. The molecule has 1 amide bonds. The minimum Gasteiger partial charge on any atom is -0.366 e. The van der Waals surface area contributed by atoms with Crippen molar-refractivity contribution in [3.05, 3.63) is 53.9 Å². The zero-order valence-electron chi connectivity index (χ0n) is 11.1. The van der Waals surface area contributed by atoms with Crippen molar-refractivity contribution in [3.8, 4) is 11.1 Å². The molecule has 2 aromatic carbocycles. The number of carbonyl (C=O) groups is 1. The minimum absolute atomic E-state index is 0.142. The van der Waals surface area contributed by atoms with Gasteiger partial charge in [-0.25, -0.2) is 4.98 Å². The number of hydrogen-bond donors (Lipinski definition) is 2. The first-order chi connectivity index (χ1) is 10.4. The molecule has 1 heterocycles. The Morgan fingerprint density at radius 1 is 1.05 bits per heavy atom. The Hall–Kier alpha value is -2.83. The summed E-state index contributed by atoms with van der Waals surface area (Å²) in [5.41, 5.74) is 6.79. The molecule has 3 N–H and O–H groups in total. The number of nitrogens with two attached hydrogens (primary N) is 1. The lowest BCUT2D eigenvalue weighted by Gasteiger charge is -2.07. The number of rotatable bonds is 2. The summed E-state index contributed by atoms with van der Waals surface area (Å²) in [6.07, 6.45) is -4.57. The number of alkyl halides is 3. The maximum absolute atomic E-state index is 12.8. The van der Waals surface area contributed by atoms with Gasteiger partial charge < -0.3 is 10.7 Å². The van der Waals surface area contributed by atoms with E-state index in [0.29, 0.717) is 11.1 Å². The number of amides is 1. The van der Waals surface area contributed by atoms with Crippen LogP contribution in [0.4, 0.5) is 13.2 Å². The topological polar surface area (TPSA) is 71.8 Å². The van der Waals surface area contributed by atoms with Crippen LogP contribution in [0.15, 0.2) is 42.5 Å². The van der Waals surface area contributed by atoms with Crippen LogP contribution >= 0.6 is 0 Å². The number of nitrogens with zero attached hydrogens (tertiary/aromatic N) is 1. The summed E-state index contributed by atoms with van der Waals surface area (Å²) in [6, 6.07) is 11.1. The SMILES string of the molecule is NC(=O)c1ccccc1-c1cccc2[nH]c(C(F)(F)F)nc12. The first-order valence-electron chi connectivity index (χ1n) is 6.33. The molecule has 0 saturated heterocycles. The minimum atomic E-state index is -4.57. The molecule has 0 aliphatic rings. The van der Waals surface area contributed by atoms with E-state index in [1.807, 2.05) is 0 Å². The Bertz CT molecular complexity index is 868. The van der Waals surface area contributed by atoms with Gasteiger partial charge >= 0.3 is 6.18 Å². The van der Waals surface area contributed by atoms with Gasteiger partial charge in [-0.1, -0.05) is 30.3 Å². The van der Waals surface area contributed by atoms with Crippen molar-refractivity contribution in [1.29, 1.82) is 0 Å². The Balaban J connectivity index is 2.29. The number of halogens is 3. The molecule has 22 heavy (non-hydrogen) atoms. The summed E-state index contributed by atoms with van der Waals surface area (Å²) in [6.45, 7) is 0. The molecule has 0 unspecified atom stereocenters. The molecule has 7 heteroatoms. The monoisotopic (exact) mass is 305 g/mol. The molecule has 1 aromatic heterocycles. The quantitative estimate of drug-likeness (QED) is 0.762. The summed E-state index contributed by atoms with van der Waals surface area (Å²) in [5.74, 6) is -1.73. The van der Waals surface area contributed by atoms with E-state index in [1.54, 1.807) is 30.3 Å². The van der Waals surface area contributed by atoms with Gasteiger partial charge in [0.05, 0.1) is 11.0 Å². The number of aromatic nitrogens is 2. The average molecular weight is 305 g/mol. The van der Waals surface area contributed by atoms with Crippen molar-refractivity contribution in [3.63, 3.8) is 0 Å². The van der Waals surface area contributed by atoms with Gasteiger partial charge in [0.2, 0.25) is 11.7 Å². The van der Waals surface area contributed by atoms with Gasteiger partial charge in [0.25, 0.3) is 0 Å². The number of carbonyl (C=O) groups excluding carboxylic acids is 1. The van der Waals surface area contributed by atoms with Crippen LogP contribution in [-0.2, 0) is 6.18 Å². The summed E-state index contributed by atoms with van der Waals surface area (Å²) in [5, 5.41) is 0. The molecule has 4 nitrogen and oxygen atoms in total. The van der Waals surface area contributed by atoms with Crippen LogP contribution in [0.1, 0.15) is 16.2 Å². The number of fused-ring (bicyclic) bond motifs is 1. The van der Waals surface area contributed by atoms with Crippen LogP contribution in [0.5, 0.6) is 0 Å². The number of hydrogen-bond acceptors (Lipinski definition) is 2. The molecule has 0 atom stereocenters. The fourth-order valence-electron chi connectivity index (χ4n) is 2.32. The zero-order chi connectivity index (χ0) is 15.9. The van der Waals surface area contributed by atoms with Crippen molar-refractivity contribution in [2.45, 2.75) is 6.18 Å². The van der Waals surface area contributed by atoms with E-state index in [0.717, 1.165) is 0 Å². The second-order valence-corrected chi connectivity index (χ2v) is 4.69.